The fourth-order valence-corrected chi connectivity index (χ4v) is 3.53. The van der Waals surface area contributed by atoms with Crippen LogP contribution in [-0.2, 0) is 0 Å². The van der Waals surface area contributed by atoms with Crippen molar-refractivity contribution < 1.29 is 4.79 Å². The summed E-state index contributed by atoms with van der Waals surface area (Å²) in [5.41, 5.74) is 2.64. The van der Waals surface area contributed by atoms with Crippen LogP contribution in [0.1, 0.15) is 21.7 Å². The maximum atomic E-state index is 12.7. The van der Waals surface area contributed by atoms with Crippen LogP contribution in [0, 0.1) is 13.8 Å². The van der Waals surface area contributed by atoms with Crippen LogP contribution in [0.15, 0.2) is 42.7 Å². The number of anilines is 1. The topological polar surface area (TPSA) is 67.2 Å². The Balaban J connectivity index is 1.45. The van der Waals surface area contributed by atoms with Gasteiger partial charge in [-0.1, -0.05) is 11.6 Å². The van der Waals surface area contributed by atoms with E-state index in [2.05, 4.69) is 20.0 Å². The number of piperazine rings is 1. The number of benzene rings is 1. The monoisotopic (exact) mass is 396 g/mol. The fraction of sp³-hybridized carbons (Fsp3) is 0.300. The predicted octanol–water partition coefficient (Wildman–Crippen LogP) is 2.89. The highest BCUT2D eigenvalue weighted by molar-refractivity contribution is 6.30. The van der Waals surface area contributed by atoms with Crippen LogP contribution in [0.5, 0.6) is 0 Å². The SMILES string of the molecule is Cc1cc(C)n(-c2cc(N3CCN(C(=O)c4ccc(Cl)cc4)CC3)ncn2)n1. The van der Waals surface area contributed by atoms with Gasteiger partial charge in [-0.15, -0.1) is 0 Å². The van der Waals surface area contributed by atoms with E-state index in [4.69, 9.17) is 11.6 Å². The van der Waals surface area contributed by atoms with Crippen molar-refractivity contribution in [3.8, 4) is 5.82 Å². The normalized spacial score (nSPS) is 14.4. The molecular weight excluding hydrogens is 376 g/mol. The maximum absolute atomic E-state index is 12.7. The Bertz CT molecular complexity index is 992. The molecule has 0 aliphatic carbocycles. The molecule has 0 N–H and O–H groups in total. The van der Waals surface area contributed by atoms with Crippen LogP contribution in [0.2, 0.25) is 5.02 Å². The van der Waals surface area contributed by atoms with E-state index in [0.29, 0.717) is 36.8 Å². The molecule has 144 valence electrons. The molecule has 0 spiro atoms. The Kier molecular flexibility index (Phi) is 5.00. The standard InChI is InChI=1S/C20H21ClN6O/c1-14-11-15(2)27(24-14)19-12-18(22-13-23-19)25-7-9-26(10-8-25)20(28)16-3-5-17(21)6-4-16/h3-6,11-13H,7-10H2,1-2H3. The minimum atomic E-state index is 0.0299. The average Bonchev–Trinajstić information content (AvgIpc) is 3.06. The van der Waals surface area contributed by atoms with E-state index < -0.39 is 0 Å². The van der Waals surface area contributed by atoms with Gasteiger partial charge in [-0.25, -0.2) is 14.6 Å². The summed E-state index contributed by atoms with van der Waals surface area (Å²) in [6, 6.07) is 11.0. The van der Waals surface area contributed by atoms with Crippen molar-refractivity contribution in [3.63, 3.8) is 0 Å². The predicted molar refractivity (Wildman–Crippen MR) is 108 cm³/mol. The molecule has 1 amide bonds. The van der Waals surface area contributed by atoms with Gasteiger partial charge in [0, 0.05) is 48.5 Å². The van der Waals surface area contributed by atoms with Crippen LogP contribution in [0.4, 0.5) is 5.82 Å². The van der Waals surface area contributed by atoms with Crippen LogP contribution >= 0.6 is 11.6 Å². The minimum absolute atomic E-state index is 0.0299. The van der Waals surface area contributed by atoms with Gasteiger partial charge in [0.1, 0.15) is 12.1 Å². The highest BCUT2D eigenvalue weighted by Crippen LogP contribution is 2.19. The molecule has 3 heterocycles. The van der Waals surface area contributed by atoms with Crippen molar-refractivity contribution in [3.05, 3.63) is 64.7 Å². The van der Waals surface area contributed by atoms with Gasteiger partial charge in [0.25, 0.3) is 5.91 Å². The molecule has 4 rings (SSSR count). The summed E-state index contributed by atoms with van der Waals surface area (Å²) >= 11 is 5.91. The molecule has 7 nitrogen and oxygen atoms in total. The molecule has 8 heteroatoms. The van der Waals surface area contributed by atoms with Crippen molar-refractivity contribution in [2.75, 3.05) is 31.1 Å². The van der Waals surface area contributed by atoms with Crippen molar-refractivity contribution in [2.24, 2.45) is 0 Å². The molecule has 0 atom stereocenters. The zero-order chi connectivity index (χ0) is 19.7. The number of hydrogen-bond donors (Lipinski definition) is 0. The third-order valence-electron chi connectivity index (χ3n) is 4.85. The van der Waals surface area contributed by atoms with Crippen molar-refractivity contribution in [1.29, 1.82) is 0 Å². The number of amides is 1. The highest BCUT2D eigenvalue weighted by atomic mass is 35.5. The van der Waals surface area contributed by atoms with E-state index >= 15 is 0 Å². The number of halogens is 1. The third kappa shape index (κ3) is 3.71. The maximum Gasteiger partial charge on any atom is 0.253 e. The largest absolute Gasteiger partial charge is 0.353 e. The minimum Gasteiger partial charge on any atom is -0.353 e. The van der Waals surface area contributed by atoms with Gasteiger partial charge in [-0.2, -0.15) is 5.10 Å². The van der Waals surface area contributed by atoms with Gasteiger partial charge >= 0.3 is 0 Å². The summed E-state index contributed by atoms with van der Waals surface area (Å²) in [5.74, 6) is 1.62. The number of hydrogen-bond acceptors (Lipinski definition) is 5. The molecule has 1 fully saturated rings. The van der Waals surface area contributed by atoms with Gasteiger partial charge < -0.3 is 9.80 Å². The average molecular weight is 397 g/mol. The second kappa shape index (κ2) is 7.59. The molecule has 0 unspecified atom stereocenters. The Morgan fingerprint density at radius 1 is 0.964 bits per heavy atom. The van der Waals surface area contributed by atoms with E-state index in [9.17, 15) is 4.79 Å². The lowest BCUT2D eigenvalue weighted by atomic mass is 10.2. The number of carbonyl (C=O) groups is 1. The number of rotatable bonds is 3. The van der Waals surface area contributed by atoms with E-state index in [1.165, 1.54) is 0 Å². The summed E-state index contributed by atoms with van der Waals surface area (Å²) in [4.78, 5) is 25.5. The summed E-state index contributed by atoms with van der Waals surface area (Å²) in [6.07, 6.45) is 1.56. The second-order valence-electron chi connectivity index (χ2n) is 6.86. The molecule has 28 heavy (non-hydrogen) atoms. The smallest absolute Gasteiger partial charge is 0.253 e. The summed E-state index contributed by atoms with van der Waals surface area (Å²) in [7, 11) is 0. The van der Waals surface area contributed by atoms with Crippen LogP contribution in [0.3, 0.4) is 0 Å². The molecule has 0 saturated carbocycles. The third-order valence-corrected chi connectivity index (χ3v) is 5.10. The molecular formula is C20H21ClN6O. The lowest BCUT2D eigenvalue weighted by molar-refractivity contribution is 0.0746. The van der Waals surface area contributed by atoms with Gasteiger partial charge in [0.15, 0.2) is 5.82 Å². The van der Waals surface area contributed by atoms with E-state index in [1.54, 1.807) is 30.6 Å². The quantitative estimate of drug-likeness (QED) is 0.681. The molecule has 1 aromatic carbocycles. The Labute approximate surface area is 168 Å². The van der Waals surface area contributed by atoms with Crippen molar-refractivity contribution >= 4 is 23.3 Å². The number of aryl methyl sites for hydroxylation is 2. The summed E-state index contributed by atoms with van der Waals surface area (Å²) in [6.45, 7) is 6.67. The molecule has 1 aliphatic heterocycles. The molecule has 1 saturated heterocycles. The lowest BCUT2D eigenvalue weighted by Crippen LogP contribution is -2.49. The first-order valence-corrected chi connectivity index (χ1v) is 9.54. The lowest BCUT2D eigenvalue weighted by Gasteiger charge is -2.35. The summed E-state index contributed by atoms with van der Waals surface area (Å²) < 4.78 is 1.82. The van der Waals surface area contributed by atoms with Crippen LogP contribution < -0.4 is 4.90 Å². The second-order valence-corrected chi connectivity index (χ2v) is 7.30. The van der Waals surface area contributed by atoms with Gasteiger partial charge in [0.05, 0.1) is 5.69 Å². The van der Waals surface area contributed by atoms with Gasteiger partial charge in [-0.05, 0) is 44.2 Å². The van der Waals surface area contributed by atoms with Crippen LogP contribution in [0.25, 0.3) is 5.82 Å². The van der Waals surface area contributed by atoms with Crippen molar-refractivity contribution in [1.82, 2.24) is 24.6 Å². The number of carbonyl (C=O) groups excluding carboxylic acids is 1. The highest BCUT2D eigenvalue weighted by Gasteiger charge is 2.23. The Morgan fingerprint density at radius 3 is 2.29 bits per heavy atom. The van der Waals surface area contributed by atoms with Crippen molar-refractivity contribution in [2.45, 2.75) is 13.8 Å². The first-order chi connectivity index (χ1) is 13.5. The van der Waals surface area contributed by atoms with E-state index in [-0.39, 0.29) is 5.91 Å². The van der Waals surface area contributed by atoms with Gasteiger partial charge in [-0.3, -0.25) is 4.79 Å². The Morgan fingerprint density at radius 2 is 1.64 bits per heavy atom. The first kappa shape index (κ1) is 18.4. The van der Waals surface area contributed by atoms with Gasteiger partial charge in [0.2, 0.25) is 0 Å². The zero-order valence-corrected chi connectivity index (χ0v) is 16.6. The number of aromatic nitrogens is 4. The molecule has 3 aromatic rings. The van der Waals surface area contributed by atoms with E-state index in [1.807, 2.05) is 35.6 Å². The zero-order valence-electron chi connectivity index (χ0n) is 15.8. The van der Waals surface area contributed by atoms with Crippen LogP contribution in [-0.4, -0.2) is 56.7 Å². The van der Waals surface area contributed by atoms with E-state index in [0.717, 1.165) is 23.0 Å². The first-order valence-electron chi connectivity index (χ1n) is 9.17. The molecule has 0 bridgehead atoms. The summed E-state index contributed by atoms with van der Waals surface area (Å²) in [5, 5.41) is 5.12. The fourth-order valence-electron chi connectivity index (χ4n) is 3.40. The molecule has 1 aliphatic rings. The Hall–Kier alpha value is -2.93. The molecule has 2 aromatic heterocycles. The number of nitrogens with zero attached hydrogens (tertiary/aromatic N) is 6. The molecule has 0 radical (unpaired) electrons.